The standard InChI is InChI=1S/C8H14N2O3S/c1-5(2-3-11)9-7(12)6-4-14-8(13)10-6/h5-6,11H,2-4H2,1H3,(H,9,12)(H,10,13). The number of aliphatic hydroxyl groups excluding tert-OH is 1. The predicted octanol–water partition coefficient (Wildman–Crippen LogP) is -0.302. The number of nitrogens with one attached hydrogen (secondary N) is 2. The van der Waals surface area contributed by atoms with Gasteiger partial charge in [-0.2, -0.15) is 0 Å². The van der Waals surface area contributed by atoms with Crippen molar-refractivity contribution in [2.24, 2.45) is 0 Å². The lowest BCUT2D eigenvalue weighted by molar-refractivity contribution is -0.122. The summed E-state index contributed by atoms with van der Waals surface area (Å²) in [4.78, 5) is 22.3. The lowest BCUT2D eigenvalue weighted by Gasteiger charge is -2.15. The summed E-state index contributed by atoms with van der Waals surface area (Å²) in [6, 6.07) is -0.483. The van der Waals surface area contributed by atoms with Crippen LogP contribution in [-0.4, -0.2) is 40.7 Å². The van der Waals surface area contributed by atoms with Crippen molar-refractivity contribution in [1.82, 2.24) is 10.6 Å². The molecular formula is C8H14N2O3S. The van der Waals surface area contributed by atoms with Crippen LogP contribution in [0.1, 0.15) is 13.3 Å². The maximum Gasteiger partial charge on any atom is 0.279 e. The number of thioether (sulfide) groups is 1. The monoisotopic (exact) mass is 218 g/mol. The van der Waals surface area contributed by atoms with Crippen molar-refractivity contribution in [3.63, 3.8) is 0 Å². The van der Waals surface area contributed by atoms with E-state index < -0.39 is 6.04 Å². The first kappa shape index (κ1) is 11.3. The van der Waals surface area contributed by atoms with E-state index in [2.05, 4.69) is 10.6 Å². The van der Waals surface area contributed by atoms with Gasteiger partial charge in [-0.05, 0) is 13.3 Å². The topological polar surface area (TPSA) is 78.4 Å². The van der Waals surface area contributed by atoms with E-state index in [0.29, 0.717) is 12.2 Å². The molecule has 14 heavy (non-hydrogen) atoms. The summed E-state index contributed by atoms with van der Waals surface area (Å²) in [5, 5.41) is 13.7. The minimum Gasteiger partial charge on any atom is -0.396 e. The van der Waals surface area contributed by atoms with Gasteiger partial charge in [0.1, 0.15) is 6.04 Å². The number of aliphatic hydroxyl groups is 1. The van der Waals surface area contributed by atoms with Crippen LogP contribution in [-0.2, 0) is 4.79 Å². The van der Waals surface area contributed by atoms with Gasteiger partial charge in [0.15, 0.2) is 0 Å². The van der Waals surface area contributed by atoms with Gasteiger partial charge < -0.3 is 15.7 Å². The molecule has 0 aromatic carbocycles. The molecule has 6 heteroatoms. The van der Waals surface area contributed by atoms with E-state index in [4.69, 9.17) is 5.11 Å². The zero-order valence-electron chi connectivity index (χ0n) is 7.95. The molecule has 0 aliphatic carbocycles. The molecule has 0 saturated carbocycles. The highest BCUT2D eigenvalue weighted by molar-refractivity contribution is 8.14. The Bertz CT molecular complexity index is 235. The van der Waals surface area contributed by atoms with E-state index in [1.54, 1.807) is 0 Å². The Kier molecular flexibility index (Phi) is 4.21. The molecule has 1 rings (SSSR count). The van der Waals surface area contributed by atoms with Crippen LogP contribution in [0.15, 0.2) is 0 Å². The molecule has 2 unspecified atom stereocenters. The molecule has 3 N–H and O–H groups in total. The summed E-state index contributed by atoms with van der Waals surface area (Å²) in [6.45, 7) is 1.87. The number of amides is 2. The maximum atomic E-state index is 11.5. The second kappa shape index (κ2) is 5.21. The number of carbonyl (C=O) groups is 2. The molecule has 80 valence electrons. The Balaban J connectivity index is 2.31. The summed E-state index contributed by atoms with van der Waals surface area (Å²) in [5.74, 6) is 0.306. The van der Waals surface area contributed by atoms with Gasteiger partial charge in [-0.25, -0.2) is 0 Å². The van der Waals surface area contributed by atoms with Crippen LogP contribution in [0.25, 0.3) is 0 Å². The molecule has 0 radical (unpaired) electrons. The minimum absolute atomic E-state index is 0.0488. The predicted molar refractivity (Wildman–Crippen MR) is 54.1 cm³/mol. The molecule has 2 atom stereocenters. The van der Waals surface area contributed by atoms with Crippen molar-refractivity contribution in [1.29, 1.82) is 0 Å². The van der Waals surface area contributed by atoms with E-state index in [-0.39, 0.29) is 23.8 Å². The molecule has 1 fully saturated rings. The summed E-state index contributed by atoms with van der Waals surface area (Å²) < 4.78 is 0. The Morgan fingerprint density at radius 3 is 3.07 bits per heavy atom. The first-order chi connectivity index (χ1) is 6.63. The fourth-order valence-corrected chi connectivity index (χ4v) is 1.91. The van der Waals surface area contributed by atoms with Gasteiger partial charge in [-0.3, -0.25) is 9.59 Å². The normalized spacial score (nSPS) is 23.0. The van der Waals surface area contributed by atoms with Gasteiger partial charge in [-0.1, -0.05) is 11.8 Å². The van der Waals surface area contributed by atoms with Gasteiger partial charge in [0, 0.05) is 18.4 Å². The Morgan fingerprint density at radius 2 is 2.57 bits per heavy atom. The Labute approximate surface area is 86.6 Å². The average molecular weight is 218 g/mol. The molecule has 1 aliphatic heterocycles. The zero-order valence-corrected chi connectivity index (χ0v) is 8.76. The lowest BCUT2D eigenvalue weighted by Crippen LogP contribution is -2.46. The summed E-state index contributed by atoms with van der Waals surface area (Å²) in [7, 11) is 0. The van der Waals surface area contributed by atoms with Gasteiger partial charge >= 0.3 is 0 Å². The van der Waals surface area contributed by atoms with E-state index in [1.807, 2.05) is 6.92 Å². The largest absolute Gasteiger partial charge is 0.396 e. The van der Waals surface area contributed by atoms with Gasteiger partial charge in [0.25, 0.3) is 5.24 Å². The van der Waals surface area contributed by atoms with E-state index in [0.717, 1.165) is 11.8 Å². The smallest absolute Gasteiger partial charge is 0.279 e. The third-order valence-electron chi connectivity index (χ3n) is 1.94. The molecule has 0 spiro atoms. The molecule has 0 aromatic heterocycles. The first-order valence-corrected chi connectivity index (χ1v) is 5.46. The minimum atomic E-state index is -0.423. The third kappa shape index (κ3) is 3.19. The molecule has 1 heterocycles. The van der Waals surface area contributed by atoms with Crippen LogP contribution < -0.4 is 10.6 Å². The molecule has 0 aromatic rings. The van der Waals surface area contributed by atoms with Crippen molar-refractivity contribution >= 4 is 22.9 Å². The molecular weight excluding hydrogens is 204 g/mol. The van der Waals surface area contributed by atoms with Crippen LogP contribution >= 0.6 is 11.8 Å². The fourth-order valence-electron chi connectivity index (χ4n) is 1.14. The van der Waals surface area contributed by atoms with Crippen LogP contribution in [0.5, 0.6) is 0 Å². The highest BCUT2D eigenvalue weighted by Crippen LogP contribution is 2.12. The van der Waals surface area contributed by atoms with Crippen LogP contribution in [0.2, 0.25) is 0 Å². The van der Waals surface area contributed by atoms with Gasteiger partial charge in [-0.15, -0.1) is 0 Å². The molecule has 1 saturated heterocycles. The average Bonchev–Trinajstić information content (AvgIpc) is 2.52. The van der Waals surface area contributed by atoms with Crippen molar-refractivity contribution in [3.8, 4) is 0 Å². The molecule has 0 bridgehead atoms. The Hall–Kier alpha value is -0.750. The number of carbonyl (C=O) groups excluding carboxylic acids is 2. The van der Waals surface area contributed by atoms with Crippen LogP contribution in [0, 0.1) is 0 Å². The second-order valence-corrected chi connectivity index (χ2v) is 4.21. The zero-order chi connectivity index (χ0) is 10.6. The van der Waals surface area contributed by atoms with E-state index in [9.17, 15) is 9.59 Å². The summed E-state index contributed by atoms with van der Waals surface area (Å²) in [5.41, 5.74) is 0. The van der Waals surface area contributed by atoms with Crippen molar-refractivity contribution in [3.05, 3.63) is 0 Å². The quantitative estimate of drug-likeness (QED) is 0.605. The second-order valence-electron chi connectivity index (χ2n) is 3.22. The fraction of sp³-hybridized carbons (Fsp3) is 0.750. The maximum absolute atomic E-state index is 11.5. The summed E-state index contributed by atoms with van der Waals surface area (Å²) >= 11 is 1.11. The Morgan fingerprint density at radius 1 is 1.86 bits per heavy atom. The van der Waals surface area contributed by atoms with Gasteiger partial charge in [0.05, 0.1) is 0 Å². The number of rotatable bonds is 4. The summed E-state index contributed by atoms with van der Waals surface area (Å²) in [6.07, 6.45) is 0.527. The highest BCUT2D eigenvalue weighted by Gasteiger charge is 2.28. The molecule has 5 nitrogen and oxygen atoms in total. The van der Waals surface area contributed by atoms with E-state index in [1.165, 1.54) is 0 Å². The molecule has 2 amide bonds. The third-order valence-corrected chi connectivity index (χ3v) is 2.82. The number of hydrogen-bond donors (Lipinski definition) is 3. The van der Waals surface area contributed by atoms with Crippen LogP contribution in [0.3, 0.4) is 0 Å². The number of hydrogen-bond acceptors (Lipinski definition) is 4. The van der Waals surface area contributed by atoms with Crippen molar-refractivity contribution < 1.29 is 14.7 Å². The lowest BCUT2D eigenvalue weighted by atomic mass is 10.2. The van der Waals surface area contributed by atoms with Crippen LogP contribution in [0.4, 0.5) is 4.79 Å². The highest BCUT2D eigenvalue weighted by atomic mass is 32.2. The van der Waals surface area contributed by atoms with Crippen molar-refractivity contribution in [2.45, 2.75) is 25.4 Å². The first-order valence-electron chi connectivity index (χ1n) is 4.48. The SMILES string of the molecule is CC(CCO)NC(=O)C1CSC(=O)N1. The van der Waals surface area contributed by atoms with Gasteiger partial charge in [0.2, 0.25) is 5.91 Å². The van der Waals surface area contributed by atoms with E-state index >= 15 is 0 Å². The molecule has 1 aliphatic rings. The van der Waals surface area contributed by atoms with Crippen molar-refractivity contribution in [2.75, 3.05) is 12.4 Å².